The van der Waals surface area contributed by atoms with Crippen molar-refractivity contribution < 1.29 is 4.79 Å². The molecule has 3 aromatic rings. The van der Waals surface area contributed by atoms with Gasteiger partial charge in [0.1, 0.15) is 5.69 Å². The van der Waals surface area contributed by atoms with E-state index in [-0.39, 0.29) is 5.91 Å². The summed E-state index contributed by atoms with van der Waals surface area (Å²) in [5, 5.41) is 7.35. The predicted molar refractivity (Wildman–Crippen MR) is 91.9 cm³/mol. The van der Waals surface area contributed by atoms with Crippen molar-refractivity contribution in [3.05, 3.63) is 71.0 Å². The largest absolute Gasteiger partial charge is 0.350 e. The summed E-state index contributed by atoms with van der Waals surface area (Å²) in [7, 11) is 0. The molecule has 2 heterocycles. The number of rotatable bonds is 5. The first-order valence-electron chi connectivity index (χ1n) is 7.21. The molecule has 1 N–H and O–H groups in total. The highest BCUT2D eigenvalue weighted by molar-refractivity contribution is 9.10. The Morgan fingerprint density at radius 3 is 2.83 bits per heavy atom. The zero-order valence-corrected chi connectivity index (χ0v) is 13.9. The van der Waals surface area contributed by atoms with Gasteiger partial charge in [0.15, 0.2) is 0 Å². The molecule has 0 spiro atoms. The van der Waals surface area contributed by atoms with Gasteiger partial charge >= 0.3 is 0 Å². The van der Waals surface area contributed by atoms with E-state index < -0.39 is 0 Å². The number of benzene rings is 1. The van der Waals surface area contributed by atoms with Crippen LogP contribution in [0.1, 0.15) is 10.4 Å². The first-order valence-corrected chi connectivity index (χ1v) is 8.00. The highest BCUT2D eigenvalue weighted by Crippen LogP contribution is 2.13. The number of pyridine rings is 1. The molecule has 2 aromatic heterocycles. The van der Waals surface area contributed by atoms with Gasteiger partial charge in [0.25, 0.3) is 5.91 Å². The molecule has 0 aliphatic carbocycles. The Labute approximate surface area is 142 Å². The molecule has 3 rings (SSSR count). The van der Waals surface area contributed by atoms with Gasteiger partial charge in [0, 0.05) is 29.0 Å². The molecule has 0 fully saturated rings. The maximum absolute atomic E-state index is 12.0. The number of carbonyl (C=O) groups is 1. The van der Waals surface area contributed by atoms with Crippen molar-refractivity contribution >= 4 is 21.8 Å². The molecule has 0 unspecified atom stereocenters. The summed E-state index contributed by atoms with van der Waals surface area (Å²) in [6.45, 7) is 1.11. The van der Waals surface area contributed by atoms with E-state index in [9.17, 15) is 4.79 Å². The van der Waals surface area contributed by atoms with Crippen LogP contribution in [0.2, 0.25) is 0 Å². The Balaban J connectivity index is 1.55. The smallest absolute Gasteiger partial charge is 0.251 e. The monoisotopic (exact) mass is 370 g/mol. The Bertz CT molecular complexity index is 801. The minimum atomic E-state index is -0.0941. The lowest BCUT2D eigenvalue weighted by molar-refractivity contribution is 0.0952. The second kappa shape index (κ2) is 7.19. The second-order valence-corrected chi connectivity index (χ2v) is 5.86. The molecule has 0 aliphatic rings. The maximum Gasteiger partial charge on any atom is 0.251 e. The molecule has 0 saturated carbocycles. The van der Waals surface area contributed by atoms with Crippen LogP contribution >= 0.6 is 15.9 Å². The Hall–Kier alpha value is -2.47. The van der Waals surface area contributed by atoms with Crippen molar-refractivity contribution in [3.63, 3.8) is 0 Å². The highest BCUT2D eigenvalue weighted by atomic mass is 79.9. The molecule has 1 amide bonds. The van der Waals surface area contributed by atoms with Crippen molar-refractivity contribution in [1.29, 1.82) is 0 Å². The van der Waals surface area contributed by atoms with Crippen LogP contribution in [0.4, 0.5) is 0 Å². The summed E-state index contributed by atoms with van der Waals surface area (Å²) in [6.07, 6.45) is 3.63. The number of nitrogens with one attached hydrogen (secondary N) is 1. The van der Waals surface area contributed by atoms with Gasteiger partial charge in [0.05, 0.1) is 12.2 Å². The van der Waals surface area contributed by atoms with E-state index in [4.69, 9.17) is 0 Å². The number of carbonyl (C=O) groups excluding carboxylic acids is 1. The second-order valence-electron chi connectivity index (χ2n) is 4.95. The van der Waals surface area contributed by atoms with Crippen molar-refractivity contribution in [2.24, 2.45) is 0 Å². The van der Waals surface area contributed by atoms with E-state index in [0.717, 1.165) is 15.9 Å². The van der Waals surface area contributed by atoms with Gasteiger partial charge in [-0.25, -0.2) is 0 Å². The van der Waals surface area contributed by atoms with E-state index >= 15 is 0 Å². The average Bonchev–Trinajstić information content (AvgIpc) is 3.04. The summed E-state index contributed by atoms with van der Waals surface area (Å²) in [4.78, 5) is 16.3. The van der Waals surface area contributed by atoms with Gasteiger partial charge in [-0.1, -0.05) is 28.1 Å². The Morgan fingerprint density at radius 2 is 2.04 bits per heavy atom. The molecular formula is C17H15BrN4O. The average molecular weight is 371 g/mol. The third-order valence-electron chi connectivity index (χ3n) is 3.28. The first-order chi connectivity index (χ1) is 11.2. The molecule has 0 radical (unpaired) electrons. The molecule has 0 saturated heterocycles. The number of hydrogen-bond donors (Lipinski definition) is 1. The van der Waals surface area contributed by atoms with Gasteiger partial charge in [0.2, 0.25) is 0 Å². The van der Waals surface area contributed by atoms with Crippen LogP contribution in [-0.2, 0) is 6.54 Å². The summed E-state index contributed by atoms with van der Waals surface area (Å²) >= 11 is 3.36. The van der Waals surface area contributed by atoms with E-state index in [1.165, 1.54) is 0 Å². The van der Waals surface area contributed by atoms with Crippen molar-refractivity contribution in [2.45, 2.75) is 6.54 Å². The van der Waals surface area contributed by atoms with Gasteiger partial charge in [-0.15, -0.1) is 0 Å². The standard InChI is InChI=1S/C17H15BrN4O/c18-14-5-3-4-13(12-14)17(23)20-9-11-22-10-7-16(21-22)15-6-1-2-8-19-15/h1-8,10,12H,9,11H2,(H,20,23). The number of nitrogens with zero attached hydrogens (tertiary/aromatic N) is 3. The van der Waals surface area contributed by atoms with E-state index in [1.807, 2.05) is 42.6 Å². The molecule has 0 aliphatic heterocycles. The van der Waals surface area contributed by atoms with Crippen LogP contribution < -0.4 is 5.32 Å². The third-order valence-corrected chi connectivity index (χ3v) is 3.77. The molecule has 5 nitrogen and oxygen atoms in total. The fraction of sp³-hybridized carbons (Fsp3) is 0.118. The summed E-state index contributed by atoms with van der Waals surface area (Å²) in [6, 6.07) is 14.9. The SMILES string of the molecule is O=C(NCCn1ccc(-c2ccccn2)n1)c1cccc(Br)c1. The quantitative estimate of drug-likeness (QED) is 0.750. The minimum absolute atomic E-state index is 0.0941. The molecule has 0 bridgehead atoms. The number of amides is 1. The molecule has 116 valence electrons. The number of aromatic nitrogens is 3. The molecule has 6 heteroatoms. The van der Waals surface area contributed by atoms with Gasteiger partial charge in [-0.3, -0.25) is 14.5 Å². The summed E-state index contributed by atoms with van der Waals surface area (Å²) < 4.78 is 2.68. The van der Waals surface area contributed by atoms with E-state index in [2.05, 4.69) is 31.3 Å². The van der Waals surface area contributed by atoms with Crippen LogP contribution in [0.3, 0.4) is 0 Å². The fourth-order valence-electron chi connectivity index (χ4n) is 2.15. The number of halogens is 1. The first kappa shape index (κ1) is 15.4. The lowest BCUT2D eigenvalue weighted by Gasteiger charge is -2.06. The Kier molecular flexibility index (Phi) is 4.83. The highest BCUT2D eigenvalue weighted by Gasteiger charge is 2.06. The minimum Gasteiger partial charge on any atom is -0.350 e. The van der Waals surface area contributed by atoms with Gasteiger partial charge in [-0.2, -0.15) is 5.10 Å². The maximum atomic E-state index is 12.0. The third kappa shape index (κ3) is 4.04. The lowest BCUT2D eigenvalue weighted by atomic mass is 10.2. The topological polar surface area (TPSA) is 59.8 Å². The molecular weight excluding hydrogens is 356 g/mol. The molecule has 0 atom stereocenters. The fourth-order valence-corrected chi connectivity index (χ4v) is 2.55. The van der Waals surface area contributed by atoms with Crippen LogP contribution in [0, 0.1) is 0 Å². The summed E-state index contributed by atoms with van der Waals surface area (Å²) in [5.74, 6) is -0.0941. The van der Waals surface area contributed by atoms with E-state index in [1.54, 1.807) is 23.0 Å². The van der Waals surface area contributed by atoms with Crippen LogP contribution in [0.25, 0.3) is 11.4 Å². The van der Waals surface area contributed by atoms with E-state index in [0.29, 0.717) is 18.7 Å². The lowest BCUT2D eigenvalue weighted by Crippen LogP contribution is -2.27. The predicted octanol–water partition coefficient (Wildman–Crippen LogP) is 3.14. The van der Waals surface area contributed by atoms with Gasteiger partial charge < -0.3 is 5.32 Å². The zero-order chi connectivity index (χ0) is 16.1. The normalized spacial score (nSPS) is 10.5. The van der Waals surface area contributed by atoms with Crippen LogP contribution in [-0.4, -0.2) is 27.2 Å². The zero-order valence-electron chi connectivity index (χ0n) is 12.3. The summed E-state index contributed by atoms with van der Waals surface area (Å²) in [5.41, 5.74) is 2.29. The van der Waals surface area contributed by atoms with Crippen LogP contribution in [0.15, 0.2) is 65.4 Å². The Morgan fingerprint density at radius 1 is 1.13 bits per heavy atom. The molecule has 23 heavy (non-hydrogen) atoms. The molecule has 1 aromatic carbocycles. The van der Waals surface area contributed by atoms with Gasteiger partial charge in [-0.05, 0) is 36.4 Å². The van der Waals surface area contributed by atoms with Crippen molar-refractivity contribution in [2.75, 3.05) is 6.54 Å². The van der Waals surface area contributed by atoms with Crippen molar-refractivity contribution in [3.8, 4) is 11.4 Å². The van der Waals surface area contributed by atoms with Crippen LogP contribution in [0.5, 0.6) is 0 Å². The van der Waals surface area contributed by atoms with Crippen molar-refractivity contribution in [1.82, 2.24) is 20.1 Å². The number of hydrogen-bond acceptors (Lipinski definition) is 3.